The zero-order valence-electron chi connectivity index (χ0n) is 13.4. The van der Waals surface area contributed by atoms with Crippen molar-refractivity contribution in [1.82, 2.24) is 24.7 Å². The molecular weight excluding hydrogens is 316 g/mol. The fourth-order valence-corrected chi connectivity index (χ4v) is 2.59. The first-order valence-electron chi connectivity index (χ1n) is 7.91. The molecule has 3 aromatic heterocycles. The van der Waals surface area contributed by atoms with E-state index < -0.39 is 0 Å². The first kappa shape index (κ1) is 15.2. The third-order valence-electron chi connectivity index (χ3n) is 3.77. The van der Waals surface area contributed by atoms with Gasteiger partial charge in [0.15, 0.2) is 5.82 Å². The van der Waals surface area contributed by atoms with Gasteiger partial charge in [-0.15, -0.1) is 0 Å². The second kappa shape index (κ2) is 6.66. The summed E-state index contributed by atoms with van der Waals surface area (Å²) >= 11 is 0. The molecule has 0 aliphatic rings. The van der Waals surface area contributed by atoms with E-state index in [0.29, 0.717) is 18.2 Å². The number of anilines is 2. The number of pyridine rings is 1. The molecule has 0 aliphatic carbocycles. The zero-order valence-corrected chi connectivity index (χ0v) is 13.4. The van der Waals surface area contributed by atoms with Crippen LogP contribution < -0.4 is 5.32 Å². The number of fused-ring (bicyclic) bond motifs is 1. The molecule has 4 rings (SSSR count). The lowest BCUT2D eigenvalue weighted by Gasteiger charge is -2.09. The van der Waals surface area contributed by atoms with Gasteiger partial charge in [0.2, 0.25) is 0 Å². The highest BCUT2D eigenvalue weighted by Crippen LogP contribution is 2.26. The monoisotopic (exact) mass is 332 g/mol. The van der Waals surface area contributed by atoms with Gasteiger partial charge in [0.25, 0.3) is 0 Å². The molecule has 0 bridgehead atoms. The van der Waals surface area contributed by atoms with E-state index in [1.165, 1.54) is 0 Å². The molecule has 4 aromatic rings. The van der Waals surface area contributed by atoms with Crippen LogP contribution in [-0.4, -0.2) is 36.4 Å². The van der Waals surface area contributed by atoms with Gasteiger partial charge in [0.05, 0.1) is 30.6 Å². The average Bonchev–Trinajstić information content (AvgIpc) is 3.10. The summed E-state index contributed by atoms with van der Waals surface area (Å²) in [4.78, 5) is 13.4. The second-order valence-corrected chi connectivity index (χ2v) is 5.49. The maximum atomic E-state index is 9.02. The van der Waals surface area contributed by atoms with Crippen LogP contribution in [0.15, 0.2) is 61.2 Å². The summed E-state index contributed by atoms with van der Waals surface area (Å²) in [5.41, 5.74) is 2.56. The van der Waals surface area contributed by atoms with E-state index in [2.05, 4.69) is 25.4 Å². The molecule has 0 aliphatic heterocycles. The highest BCUT2D eigenvalue weighted by Gasteiger charge is 2.10. The number of nitrogens with zero attached hydrogens (tertiary/aromatic N) is 5. The van der Waals surface area contributed by atoms with Crippen molar-refractivity contribution in [2.45, 2.75) is 6.54 Å². The Bertz CT molecular complexity index is 999. The van der Waals surface area contributed by atoms with Crippen LogP contribution in [-0.2, 0) is 6.54 Å². The molecule has 3 heterocycles. The molecule has 0 saturated carbocycles. The molecule has 0 fully saturated rings. The number of nitrogens with one attached hydrogen (secondary N) is 1. The molecule has 1 aromatic carbocycles. The van der Waals surface area contributed by atoms with Gasteiger partial charge in [-0.1, -0.05) is 12.1 Å². The van der Waals surface area contributed by atoms with Crippen molar-refractivity contribution in [2.24, 2.45) is 0 Å². The number of aliphatic hydroxyl groups excluding tert-OH is 1. The molecule has 7 nitrogen and oxygen atoms in total. The number of hydrogen-bond acceptors (Lipinski definition) is 6. The molecule has 0 radical (unpaired) electrons. The molecule has 0 amide bonds. The topological polar surface area (TPSA) is 88.8 Å². The fraction of sp³-hybridized carbons (Fsp3) is 0.111. The largest absolute Gasteiger partial charge is 0.394 e. The van der Waals surface area contributed by atoms with Crippen LogP contribution in [0.4, 0.5) is 11.5 Å². The summed E-state index contributed by atoms with van der Waals surface area (Å²) < 4.78 is 1.68. The van der Waals surface area contributed by atoms with E-state index in [1.54, 1.807) is 23.3 Å². The van der Waals surface area contributed by atoms with E-state index in [-0.39, 0.29) is 6.61 Å². The fourth-order valence-electron chi connectivity index (χ4n) is 2.59. The van der Waals surface area contributed by atoms with Gasteiger partial charge in [-0.2, -0.15) is 5.10 Å². The third kappa shape index (κ3) is 3.17. The average molecular weight is 332 g/mol. The SMILES string of the molecule is OCCn1cc(Nc2nc(-c3ccncc3)nc3ccccc23)cn1. The third-order valence-corrected chi connectivity index (χ3v) is 3.77. The van der Waals surface area contributed by atoms with Crippen molar-refractivity contribution in [3.63, 3.8) is 0 Å². The minimum Gasteiger partial charge on any atom is -0.394 e. The Labute approximate surface area is 144 Å². The Hall–Kier alpha value is -3.32. The van der Waals surface area contributed by atoms with Crippen LogP contribution in [0, 0.1) is 0 Å². The number of rotatable bonds is 5. The zero-order chi connectivity index (χ0) is 17.1. The molecule has 0 atom stereocenters. The second-order valence-electron chi connectivity index (χ2n) is 5.49. The van der Waals surface area contributed by atoms with Crippen LogP contribution >= 0.6 is 0 Å². The van der Waals surface area contributed by atoms with Gasteiger partial charge in [-0.3, -0.25) is 9.67 Å². The van der Waals surface area contributed by atoms with E-state index >= 15 is 0 Å². The number of para-hydroxylation sites is 1. The van der Waals surface area contributed by atoms with Crippen LogP contribution in [0.1, 0.15) is 0 Å². The molecule has 0 unspecified atom stereocenters. The summed E-state index contributed by atoms with van der Waals surface area (Å²) in [5.74, 6) is 1.34. The first-order valence-corrected chi connectivity index (χ1v) is 7.91. The van der Waals surface area contributed by atoms with Gasteiger partial charge < -0.3 is 10.4 Å². The van der Waals surface area contributed by atoms with E-state index in [4.69, 9.17) is 5.11 Å². The molecule has 124 valence electrons. The first-order chi connectivity index (χ1) is 12.3. The maximum Gasteiger partial charge on any atom is 0.162 e. The Morgan fingerprint density at radius 1 is 1.04 bits per heavy atom. The Morgan fingerprint density at radius 2 is 1.88 bits per heavy atom. The van der Waals surface area contributed by atoms with Gasteiger partial charge in [-0.25, -0.2) is 9.97 Å². The van der Waals surface area contributed by atoms with Crippen LogP contribution in [0.2, 0.25) is 0 Å². The molecule has 0 spiro atoms. The van der Waals surface area contributed by atoms with Gasteiger partial charge >= 0.3 is 0 Å². The van der Waals surface area contributed by atoms with Gasteiger partial charge in [0.1, 0.15) is 5.82 Å². The highest BCUT2D eigenvalue weighted by atomic mass is 16.3. The molecule has 0 saturated heterocycles. The van der Waals surface area contributed by atoms with E-state index in [9.17, 15) is 0 Å². The molecular formula is C18H16N6O. The number of aromatic nitrogens is 5. The smallest absolute Gasteiger partial charge is 0.162 e. The Morgan fingerprint density at radius 3 is 2.72 bits per heavy atom. The van der Waals surface area contributed by atoms with Crippen molar-refractivity contribution >= 4 is 22.4 Å². The summed E-state index contributed by atoms with van der Waals surface area (Å²) in [6, 6.07) is 11.6. The number of benzene rings is 1. The highest BCUT2D eigenvalue weighted by molar-refractivity contribution is 5.92. The van der Waals surface area contributed by atoms with Crippen molar-refractivity contribution < 1.29 is 5.11 Å². The van der Waals surface area contributed by atoms with E-state index in [0.717, 1.165) is 22.2 Å². The van der Waals surface area contributed by atoms with Gasteiger partial charge in [0, 0.05) is 29.5 Å². The van der Waals surface area contributed by atoms with E-state index in [1.807, 2.05) is 42.6 Å². The number of hydrogen-bond donors (Lipinski definition) is 2. The molecule has 2 N–H and O–H groups in total. The lowest BCUT2D eigenvalue weighted by molar-refractivity contribution is 0.269. The molecule has 25 heavy (non-hydrogen) atoms. The van der Waals surface area contributed by atoms with Crippen molar-refractivity contribution in [3.05, 3.63) is 61.2 Å². The van der Waals surface area contributed by atoms with Crippen LogP contribution in [0.3, 0.4) is 0 Å². The standard InChI is InChI=1S/C18H16N6O/c25-10-9-24-12-14(11-20-24)21-18-15-3-1-2-4-16(15)22-17(23-18)13-5-7-19-8-6-13/h1-8,11-12,25H,9-10H2,(H,21,22,23). The van der Waals surface area contributed by atoms with Crippen molar-refractivity contribution in [1.29, 1.82) is 0 Å². The molecule has 7 heteroatoms. The maximum absolute atomic E-state index is 9.02. The van der Waals surface area contributed by atoms with Crippen LogP contribution in [0.25, 0.3) is 22.3 Å². The Balaban J connectivity index is 1.78. The minimum absolute atomic E-state index is 0.0454. The van der Waals surface area contributed by atoms with Crippen molar-refractivity contribution in [2.75, 3.05) is 11.9 Å². The summed E-state index contributed by atoms with van der Waals surface area (Å²) in [6.45, 7) is 0.498. The van der Waals surface area contributed by atoms with Crippen molar-refractivity contribution in [3.8, 4) is 11.4 Å². The number of aliphatic hydroxyl groups is 1. The lowest BCUT2D eigenvalue weighted by atomic mass is 10.2. The Kier molecular flexibility index (Phi) is 4.05. The predicted octanol–water partition coefficient (Wildman–Crippen LogP) is 2.62. The predicted molar refractivity (Wildman–Crippen MR) is 95.4 cm³/mol. The lowest BCUT2D eigenvalue weighted by Crippen LogP contribution is -2.02. The van der Waals surface area contributed by atoms with Gasteiger partial charge in [-0.05, 0) is 24.3 Å². The summed E-state index contributed by atoms with van der Waals surface area (Å²) in [6.07, 6.45) is 6.98. The van der Waals surface area contributed by atoms with Crippen LogP contribution in [0.5, 0.6) is 0 Å². The summed E-state index contributed by atoms with van der Waals surface area (Å²) in [5, 5.41) is 17.5. The summed E-state index contributed by atoms with van der Waals surface area (Å²) in [7, 11) is 0. The quantitative estimate of drug-likeness (QED) is 0.584. The minimum atomic E-state index is 0.0454. The normalized spacial score (nSPS) is 10.9.